The van der Waals surface area contributed by atoms with Crippen LogP contribution in [0.3, 0.4) is 0 Å². The number of likely N-dealkylation sites (tertiary alicyclic amines) is 1. The maximum Gasteiger partial charge on any atom is 0.0101 e. The number of nitrogens with zero attached hydrogens (tertiary/aromatic N) is 1. The van der Waals surface area contributed by atoms with Gasteiger partial charge in [-0.15, -0.1) is 0 Å². The molecule has 0 amide bonds. The van der Waals surface area contributed by atoms with Crippen molar-refractivity contribution in [1.29, 1.82) is 0 Å². The lowest BCUT2D eigenvalue weighted by molar-refractivity contribution is 0.112. The van der Waals surface area contributed by atoms with Crippen LogP contribution >= 0.6 is 0 Å². The Morgan fingerprint density at radius 3 is 2.53 bits per heavy atom. The topological polar surface area (TPSA) is 29.3 Å². The number of rotatable bonds is 1. The third kappa shape index (κ3) is 2.54. The van der Waals surface area contributed by atoms with Crippen LogP contribution in [-0.2, 0) is 0 Å². The molecule has 2 rings (SSSR count). The van der Waals surface area contributed by atoms with E-state index in [0.717, 1.165) is 6.04 Å². The first-order valence-electron chi connectivity index (χ1n) is 6.47. The Morgan fingerprint density at radius 2 is 2.00 bits per heavy atom. The lowest BCUT2D eigenvalue weighted by atomic mass is 9.90. The van der Waals surface area contributed by atoms with Gasteiger partial charge in [-0.3, -0.25) is 4.90 Å². The lowest BCUT2D eigenvalue weighted by Crippen LogP contribution is -2.49. The molecule has 2 nitrogen and oxygen atoms in total. The molecule has 0 bridgehead atoms. The van der Waals surface area contributed by atoms with E-state index < -0.39 is 0 Å². The minimum absolute atomic E-state index is 0.440. The van der Waals surface area contributed by atoms with Gasteiger partial charge < -0.3 is 5.73 Å². The fourth-order valence-corrected chi connectivity index (χ4v) is 3.24. The van der Waals surface area contributed by atoms with E-state index in [1.807, 2.05) is 0 Å². The molecule has 0 spiro atoms. The monoisotopic (exact) mass is 210 g/mol. The molecule has 2 fully saturated rings. The molecule has 1 saturated carbocycles. The molecule has 1 heterocycles. The van der Waals surface area contributed by atoms with Crippen LogP contribution in [0.5, 0.6) is 0 Å². The summed E-state index contributed by atoms with van der Waals surface area (Å²) in [5.74, 6) is 0.683. The highest BCUT2D eigenvalue weighted by Gasteiger charge is 2.36. The first-order valence-corrected chi connectivity index (χ1v) is 6.47. The Morgan fingerprint density at radius 1 is 1.27 bits per heavy atom. The van der Waals surface area contributed by atoms with Crippen molar-refractivity contribution in [3.05, 3.63) is 0 Å². The van der Waals surface area contributed by atoms with Crippen LogP contribution in [0, 0.1) is 11.3 Å². The van der Waals surface area contributed by atoms with Crippen molar-refractivity contribution in [1.82, 2.24) is 4.90 Å². The van der Waals surface area contributed by atoms with E-state index in [-0.39, 0.29) is 0 Å². The number of hydrogen-bond acceptors (Lipinski definition) is 2. The van der Waals surface area contributed by atoms with Crippen molar-refractivity contribution >= 4 is 0 Å². The number of piperidine rings is 1. The molecule has 0 aromatic carbocycles. The molecule has 88 valence electrons. The maximum atomic E-state index is 6.07. The van der Waals surface area contributed by atoms with Crippen molar-refractivity contribution in [2.24, 2.45) is 17.1 Å². The molecule has 1 aliphatic heterocycles. The van der Waals surface area contributed by atoms with Gasteiger partial charge in [-0.2, -0.15) is 0 Å². The summed E-state index contributed by atoms with van der Waals surface area (Å²) in [6.45, 7) is 9.57. The van der Waals surface area contributed by atoms with E-state index in [1.165, 1.54) is 38.8 Å². The van der Waals surface area contributed by atoms with Gasteiger partial charge in [0.25, 0.3) is 0 Å². The third-order valence-corrected chi connectivity index (χ3v) is 4.46. The van der Waals surface area contributed by atoms with Crippen molar-refractivity contribution < 1.29 is 0 Å². The predicted octanol–water partition coefficient (Wildman–Crippen LogP) is 2.23. The summed E-state index contributed by atoms with van der Waals surface area (Å²) in [6, 6.07) is 1.28. The summed E-state index contributed by atoms with van der Waals surface area (Å²) in [5.41, 5.74) is 6.64. The predicted molar refractivity (Wildman–Crippen MR) is 64.7 cm³/mol. The van der Waals surface area contributed by atoms with Crippen LogP contribution in [0.2, 0.25) is 0 Å². The molecule has 1 aliphatic carbocycles. The fourth-order valence-electron chi connectivity index (χ4n) is 3.24. The van der Waals surface area contributed by atoms with Crippen LogP contribution < -0.4 is 5.73 Å². The number of hydrogen-bond donors (Lipinski definition) is 1. The number of nitrogens with two attached hydrogens (primary N) is 1. The second-order valence-electron chi connectivity index (χ2n) is 6.49. The first-order chi connectivity index (χ1) is 6.98. The van der Waals surface area contributed by atoms with E-state index in [2.05, 4.69) is 25.7 Å². The van der Waals surface area contributed by atoms with Crippen LogP contribution in [0.15, 0.2) is 0 Å². The highest BCUT2D eigenvalue weighted by molar-refractivity contribution is 4.91. The molecular formula is C13H26N2. The van der Waals surface area contributed by atoms with Crippen LogP contribution in [0.4, 0.5) is 0 Å². The van der Waals surface area contributed by atoms with Gasteiger partial charge in [-0.25, -0.2) is 0 Å². The van der Waals surface area contributed by atoms with Gasteiger partial charge >= 0.3 is 0 Å². The Bertz CT molecular complexity index is 225. The van der Waals surface area contributed by atoms with Gasteiger partial charge in [0.2, 0.25) is 0 Å². The Hall–Kier alpha value is -0.0800. The van der Waals surface area contributed by atoms with E-state index >= 15 is 0 Å². The molecule has 0 aromatic heterocycles. The van der Waals surface area contributed by atoms with Gasteiger partial charge in [-0.05, 0) is 43.6 Å². The molecule has 0 radical (unpaired) electrons. The molecule has 2 aliphatic rings. The molecule has 3 atom stereocenters. The average molecular weight is 210 g/mol. The van der Waals surface area contributed by atoms with Gasteiger partial charge in [-0.1, -0.05) is 20.8 Å². The van der Waals surface area contributed by atoms with Crippen LogP contribution in [-0.4, -0.2) is 30.1 Å². The molecule has 3 unspecified atom stereocenters. The van der Waals surface area contributed by atoms with Crippen molar-refractivity contribution in [3.63, 3.8) is 0 Å². The summed E-state index contributed by atoms with van der Waals surface area (Å²) in [5, 5.41) is 0. The zero-order chi connectivity index (χ0) is 11.1. The van der Waals surface area contributed by atoms with E-state index in [4.69, 9.17) is 5.73 Å². The van der Waals surface area contributed by atoms with Crippen molar-refractivity contribution in [2.45, 2.75) is 58.5 Å². The standard InChI is InChI=1S/C13H26N2/c1-10-9-15(7-5-12(10)14)11-4-6-13(2,3)8-11/h10-12H,4-9,14H2,1-3H3. The normalized spacial score (nSPS) is 42.0. The quantitative estimate of drug-likeness (QED) is 0.719. The summed E-state index contributed by atoms with van der Waals surface area (Å²) < 4.78 is 0. The van der Waals surface area contributed by atoms with Crippen molar-refractivity contribution in [3.8, 4) is 0 Å². The van der Waals surface area contributed by atoms with Gasteiger partial charge in [0.15, 0.2) is 0 Å². The molecule has 2 N–H and O–H groups in total. The highest BCUT2D eigenvalue weighted by Crippen LogP contribution is 2.40. The van der Waals surface area contributed by atoms with Gasteiger partial charge in [0.1, 0.15) is 0 Å². The molecule has 0 aromatic rings. The maximum absolute atomic E-state index is 6.07. The van der Waals surface area contributed by atoms with E-state index in [9.17, 15) is 0 Å². The summed E-state index contributed by atoms with van der Waals surface area (Å²) >= 11 is 0. The van der Waals surface area contributed by atoms with E-state index in [1.54, 1.807) is 0 Å². The van der Waals surface area contributed by atoms with Gasteiger partial charge in [0.05, 0.1) is 0 Å². The largest absolute Gasteiger partial charge is 0.327 e. The molecule has 2 heteroatoms. The third-order valence-electron chi connectivity index (χ3n) is 4.46. The zero-order valence-corrected chi connectivity index (χ0v) is 10.5. The molecular weight excluding hydrogens is 184 g/mol. The van der Waals surface area contributed by atoms with Gasteiger partial charge in [0, 0.05) is 18.6 Å². The highest BCUT2D eigenvalue weighted by atomic mass is 15.2. The van der Waals surface area contributed by atoms with Crippen LogP contribution in [0.1, 0.15) is 46.5 Å². The average Bonchev–Trinajstić information content (AvgIpc) is 2.51. The first kappa shape index (κ1) is 11.4. The second-order valence-corrected chi connectivity index (χ2v) is 6.49. The summed E-state index contributed by atoms with van der Waals surface area (Å²) in [4.78, 5) is 2.70. The summed E-state index contributed by atoms with van der Waals surface area (Å²) in [7, 11) is 0. The Kier molecular flexibility index (Phi) is 3.09. The lowest BCUT2D eigenvalue weighted by Gasteiger charge is -2.39. The fraction of sp³-hybridized carbons (Fsp3) is 1.00. The minimum Gasteiger partial charge on any atom is -0.327 e. The van der Waals surface area contributed by atoms with Crippen LogP contribution in [0.25, 0.3) is 0 Å². The van der Waals surface area contributed by atoms with Crippen molar-refractivity contribution in [2.75, 3.05) is 13.1 Å². The minimum atomic E-state index is 0.440. The summed E-state index contributed by atoms with van der Waals surface area (Å²) in [6.07, 6.45) is 5.37. The molecule has 1 saturated heterocycles. The SMILES string of the molecule is CC1CN(C2CCC(C)(C)C2)CCC1N. The smallest absolute Gasteiger partial charge is 0.0101 e. The molecule has 15 heavy (non-hydrogen) atoms. The second kappa shape index (κ2) is 4.06. The Balaban J connectivity index is 1.90. The Labute approximate surface area is 94.2 Å². The zero-order valence-electron chi connectivity index (χ0n) is 10.5. The van der Waals surface area contributed by atoms with E-state index in [0.29, 0.717) is 17.4 Å².